The SMILES string of the molecule is Cc1cc(C)c(S(=O)(=O)N(CCCC(=O)O)C(=O)c2c3ccccc3[n+](CCCS(=O)(=O)O)c3ccccc23)c(C)c1. The molecule has 0 aliphatic carbocycles. The van der Waals surface area contributed by atoms with E-state index in [1.807, 2.05) is 11.5 Å². The second kappa shape index (κ2) is 12.2. The molecular formula is C30H33N2O8S2+. The largest absolute Gasteiger partial charge is 0.481 e. The van der Waals surface area contributed by atoms with Gasteiger partial charge in [0.05, 0.1) is 27.0 Å². The van der Waals surface area contributed by atoms with E-state index >= 15 is 0 Å². The molecule has 222 valence electrons. The zero-order chi connectivity index (χ0) is 30.8. The van der Waals surface area contributed by atoms with Crippen molar-refractivity contribution in [2.75, 3.05) is 12.3 Å². The van der Waals surface area contributed by atoms with E-state index in [0.717, 1.165) is 9.87 Å². The fourth-order valence-corrected chi connectivity index (χ4v) is 7.83. The van der Waals surface area contributed by atoms with Crippen LogP contribution in [0.15, 0.2) is 65.6 Å². The van der Waals surface area contributed by atoms with Crippen LogP contribution in [0.25, 0.3) is 21.8 Å². The Morgan fingerprint density at radius 2 is 1.36 bits per heavy atom. The molecule has 0 radical (unpaired) electrons. The minimum Gasteiger partial charge on any atom is -0.481 e. The van der Waals surface area contributed by atoms with Crippen molar-refractivity contribution in [2.24, 2.45) is 0 Å². The fourth-order valence-electron chi connectivity index (χ4n) is 5.51. The van der Waals surface area contributed by atoms with Crippen molar-refractivity contribution >= 4 is 53.8 Å². The number of carbonyl (C=O) groups is 2. The van der Waals surface area contributed by atoms with E-state index in [1.54, 1.807) is 74.5 Å². The van der Waals surface area contributed by atoms with E-state index in [2.05, 4.69) is 0 Å². The fraction of sp³-hybridized carbons (Fsp3) is 0.300. The lowest BCUT2D eigenvalue weighted by Gasteiger charge is -2.25. The number of carbonyl (C=O) groups excluding carboxylic acids is 1. The second-order valence-corrected chi connectivity index (χ2v) is 13.7. The lowest BCUT2D eigenvalue weighted by Crippen LogP contribution is -2.41. The number of aliphatic carboxylic acids is 1. The summed E-state index contributed by atoms with van der Waals surface area (Å²) in [5.74, 6) is -2.35. The van der Waals surface area contributed by atoms with Gasteiger partial charge in [0.2, 0.25) is 11.0 Å². The molecule has 4 aromatic rings. The van der Waals surface area contributed by atoms with Crippen LogP contribution in [0.5, 0.6) is 0 Å². The quantitative estimate of drug-likeness (QED) is 0.145. The van der Waals surface area contributed by atoms with E-state index in [0.29, 0.717) is 32.9 Å². The third-order valence-electron chi connectivity index (χ3n) is 7.06. The van der Waals surface area contributed by atoms with Crippen molar-refractivity contribution in [3.8, 4) is 0 Å². The first-order chi connectivity index (χ1) is 19.7. The third kappa shape index (κ3) is 6.45. The molecule has 0 saturated carbocycles. The average Bonchev–Trinajstić information content (AvgIpc) is 2.88. The van der Waals surface area contributed by atoms with Crippen LogP contribution in [0.4, 0.5) is 0 Å². The summed E-state index contributed by atoms with van der Waals surface area (Å²) in [6.07, 6.45) is -0.301. The van der Waals surface area contributed by atoms with Crippen LogP contribution < -0.4 is 4.57 Å². The lowest BCUT2D eigenvalue weighted by atomic mass is 10.0. The van der Waals surface area contributed by atoms with Crippen molar-refractivity contribution < 1.29 is 40.7 Å². The predicted octanol–water partition coefficient (Wildman–Crippen LogP) is 4.18. The number of fused-ring (bicyclic) bond motifs is 2. The molecule has 0 aliphatic rings. The van der Waals surface area contributed by atoms with Gasteiger partial charge in [-0.3, -0.25) is 14.1 Å². The summed E-state index contributed by atoms with van der Waals surface area (Å²) >= 11 is 0. The van der Waals surface area contributed by atoms with E-state index in [4.69, 9.17) is 0 Å². The Labute approximate surface area is 245 Å². The van der Waals surface area contributed by atoms with E-state index in [-0.39, 0.29) is 42.8 Å². The monoisotopic (exact) mass is 613 g/mol. The van der Waals surface area contributed by atoms with Gasteiger partial charge in [0.15, 0.2) is 6.54 Å². The molecule has 42 heavy (non-hydrogen) atoms. The number of rotatable bonds is 11. The molecule has 10 nitrogen and oxygen atoms in total. The number of hydrogen-bond donors (Lipinski definition) is 2. The standard InChI is InChI=1S/C30H32N2O8S2/c1-20-18-21(2)29(22(3)19-20)42(39,40)32(16-8-14-27(33)34)30(35)28-23-10-4-6-12-25(23)31(15-9-17-41(36,37)38)26-13-7-5-11-24(26)28/h4-7,10-13,18-19H,8-9,14-17H2,1-3H3,(H-,33,34,36,37,38)/p+1. The maximum atomic E-state index is 14.5. The summed E-state index contributed by atoms with van der Waals surface area (Å²) in [5.41, 5.74) is 3.09. The highest BCUT2D eigenvalue weighted by molar-refractivity contribution is 7.89. The maximum Gasteiger partial charge on any atom is 0.303 e. The maximum absolute atomic E-state index is 14.5. The molecule has 0 bridgehead atoms. The van der Waals surface area contributed by atoms with Crippen molar-refractivity contribution in [3.63, 3.8) is 0 Å². The van der Waals surface area contributed by atoms with Gasteiger partial charge in [-0.15, -0.1) is 0 Å². The van der Waals surface area contributed by atoms with Gasteiger partial charge >= 0.3 is 5.97 Å². The van der Waals surface area contributed by atoms with Crippen LogP contribution in [0.1, 0.15) is 46.3 Å². The Hall–Kier alpha value is -3.87. The van der Waals surface area contributed by atoms with Gasteiger partial charge in [0.25, 0.3) is 26.0 Å². The number of carboxylic acid groups (broad SMARTS) is 1. The number of nitrogens with zero attached hydrogens (tertiary/aromatic N) is 2. The molecule has 0 unspecified atom stereocenters. The van der Waals surface area contributed by atoms with Crippen molar-refractivity contribution in [3.05, 3.63) is 82.9 Å². The van der Waals surface area contributed by atoms with Crippen molar-refractivity contribution in [2.45, 2.75) is 51.5 Å². The van der Waals surface area contributed by atoms with Gasteiger partial charge in [-0.1, -0.05) is 42.0 Å². The molecule has 0 fully saturated rings. The van der Waals surface area contributed by atoms with Crippen LogP contribution >= 0.6 is 0 Å². The van der Waals surface area contributed by atoms with Gasteiger partial charge in [-0.05, 0) is 50.5 Å². The number of para-hydroxylation sites is 2. The van der Waals surface area contributed by atoms with E-state index in [9.17, 15) is 36.1 Å². The Morgan fingerprint density at radius 3 is 1.86 bits per heavy atom. The minimum absolute atomic E-state index is 0.00148. The van der Waals surface area contributed by atoms with Gasteiger partial charge in [0.1, 0.15) is 0 Å². The smallest absolute Gasteiger partial charge is 0.303 e. The van der Waals surface area contributed by atoms with Gasteiger partial charge in [-0.25, -0.2) is 12.7 Å². The molecule has 0 spiro atoms. The first kappa shape index (κ1) is 31.1. The number of carboxylic acids is 1. The molecule has 12 heteroatoms. The normalized spacial score (nSPS) is 12.1. The molecule has 4 rings (SSSR count). The number of aryl methyl sites for hydroxylation is 4. The zero-order valence-electron chi connectivity index (χ0n) is 23.6. The summed E-state index contributed by atoms with van der Waals surface area (Å²) in [5, 5.41) is 10.1. The molecule has 1 aromatic heterocycles. The summed E-state index contributed by atoms with van der Waals surface area (Å²) < 4.78 is 63.1. The van der Waals surface area contributed by atoms with E-state index in [1.165, 1.54) is 0 Å². The topological polar surface area (TPSA) is 150 Å². The number of aromatic nitrogens is 1. The van der Waals surface area contributed by atoms with Crippen LogP contribution in [0, 0.1) is 20.8 Å². The number of amides is 1. The molecule has 0 atom stereocenters. The molecule has 0 aliphatic heterocycles. The van der Waals surface area contributed by atoms with Crippen molar-refractivity contribution in [1.82, 2.24) is 4.31 Å². The average molecular weight is 614 g/mol. The lowest BCUT2D eigenvalue weighted by molar-refractivity contribution is -0.645. The number of pyridine rings is 1. The molecule has 3 aromatic carbocycles. The molecule has 1 heterocycles. The summed E-state index contributed by atoms with van der Waals surface area (Å²) in [7, 11) is -8.60. The Balaban J connectivity index is 1.95. The summed E-state index contributed by atoms with van der Waals surface area (Å²) in [6.45, 7) is 5.04. The van der Waals surface area contributed by atoms with Gasteiger partial charge in [-0.2, -0.15) is 13.0 Å². The summed E-state index contributed by atoms with van der Waals surface area (Å²) in [4.78, 5) is 25.8. The zero-order valence-corrected chi connectivity index (χ0v) is 25.2. The molecule has 1 amide bonds. The van der Waals surface area contributed by atoms with Crippen LogP contribution in [0.2, 0.25) is 0 Å². The van der Waals surface area contributed by atoms with E-state index < -0.39 is 37.8 Å². The van der Waals surface area contributed by atoms with Gasteiger partial charge in [0, 0.05) is 31.5 Å². The first-order valence-corrected chi connectivity index (χ1v) is 16.4. The van der Waals surface area contributed by atoms with Gasteiger partial charge < -0.3 is 5.11 Å². The number of sulfonamides is 1. The third-order valence-corrected chi connectivity index (χ3v) is 9.95. The van der Waals surface area contributed by atoms with Crippen molar-refractivity contribution in [1.29, 1.82) is 0 Å². The summed E-state index contributed by atoms with van der Waals surface area (Å²) in [6, 6.07) is 17.3. The Bertz CT molecular complexity index is 1840. The van der Waals surface area contributed by atoms with Crippen LogP contribution in [-0.4, -0.2) is 55.0 Å². The highest BCUT2D eigenvalue weighted by atomic mass is 32.2. The van der Waals surface area contributed by atoms with Crippen LogP contribution in [0.3, 0.4) is 0 Å². The first-order valence-electron chi connectivity index (χ1n) is 13.4. The number of benzene rings is 3. The molecule has 0 saturated heterocycles. The minimum atomic E-state index is -4.41. The Morgan fingerprint density at radius 1 is 0.833 bits per heavy atom. The predicted molar refractivity (Wildman–Crippen MR) is 158 cm³/mol. The molecule has 2 N–H and O–H groups in total. The second-order valence-electron chi connectivity index (χ2n) is 10.3. The highest BCUT2D eigenvalue weighted by Crippen LogP contribution is 2.31. The van der Waals surface area contributed by atoms with Crippen LogP contribution in [-0.2, 0) is 31.5 Å². The number of hydrogen-bond acceptors (Lipinski definition) is 6. The Kier molecular flexibility index (Phi) is 9.00. The highest BCUT2D eigenvalue weighted by Gasteiger charge is 2.35. The molecular weight excluding hydrogens is 580 g/mol.